The second kappa shape index (κ2) is 13.6. The highest BCUT2D eigenvalue weighted by molar-refractivity contribution is 6.13. The van der Waals surface area contributed by atoms with Crippen LogP contribution in [0.15, 0.2) is 211 Å². The quantitative estimate of drug-likeness (QED) is 0.165. The fourth-order valence-electron chi connectivity index (χ4n) is 8.25. The number of hydrogen-bond donors (Lipinski definition) is 0. The minimum atomic E-state index is 0.155. The van der Waals surface area contributed by atoms with E-state index < -0.39 is 0 Å². The molecule has 10 rings (SSSR count). The van der Waals surface area contributed by atoms with E-state index >= 15 is 0 Å². The minimum absolute atomic E-state index is 0.155. The number of nitrogens with zero attached hydrogens (tertiary/aromatic N) is 1. The molecule has 256 valence electrons. The fraction of sp³-hybridized carbons (Fsp3) is 0.0385. The molecule has 1 atom stereocenters. The van der Waals surface area contributed by atoms with Gasteiger partial charge in [-0.25, -0.2) is 0 Å². The summed E-state index contributed by atoms with van der Waals surface area (Å²) >= 11 is 0. The molecular weight excluding hydrogens is 655 g/mol. The van der Waals surface area contributed by atoms with Crippen LogP contribution < -0.4 is 4.90 Å². The minimum Gasteiger partial charge on any atom is -0.455 e. The SMILES string of the molecule is C1=CC(N(c2ccccc2)c2ccc(-c3cccc4ccccc34)cc2)CC=C1c1ccccc1-c1cccc2c1oc1c(-c3ccccc3)cccc12. The van der Waals surface area contributed by atoms with Crippen molar-refractivity contribution in [1.82, 2.24) is 0 Å². The van der Waals surface area contributed by atoms with Gasteiger partial charge in [-0.05, 0) is 74.8 Å². The van der Waals surface area contributed by atoms with Gasteiger partial charge in [-0.2, -0.15) is 0 Å². The van der Waals surface area contributed by atoms with Gasteiger partial charge in [0.2, 0.25) is 0 Å². The molecule has 0 aliphatic heterocycles. The summed E-state index contributed by atoms with van der Waals surface area (Å²) in [5.41, 5.74) is 13.6. The van der Waals surface area contributed by atoms with Gasteiger partial charge in [0.05, 0.1) is 6.04 Å². The van der Waals surface area contributed by atoms with Crippen LogP contribution in [0.3, 0.4) is 0 Å². The largest absolute Gasteiger partial charge is 0.455 e. The van der Waals surface area contributed by atoms with Crippen molar-refractivity contribution in [2.45, 2.75) is 12.5 Å². The molecule has 1 aliphatic carbocycles. The van der Waals surface area contributed by atoms with Crippen molar-refractivity contribution in [3.05, 3.63) is 212 Å². The molecule has 0 bridgehead atoms. The summed E-state index contributed by atoms with van der Waals surface area (Å²) in [5, 5.41) is 4.80. The summed E-state index contributed by atoms with van der Waals surface area (Å²) < 4.78 is 6.83. The number of para-hydroxylation sites is 3. The smallest absolute Gasteiger partial charge is 0.143 e. The predicted molar refractivity (Wildman–Crippen MR) is 228 cm³/mol. The summed E-state index contributed by atoms with van der Waals surface area (Å²) in [5.74, 6) is 0. The Morgan fingerprint density at radius 2 is 0.944 bits per heavy atom. The first-order chi connectivity index (χ1) is 26.8. The summed E-state index contributed by atoms with van der Waals surface area (Å²) in [6, 6.07) is 67.3. The third kappa shape index (κ3) is 5.60. The Kier molecular flexibility index (Phi) is 8.00. The second-order valence-corrected chi connectivity index (χ2v) is 14.0. The van der Waals surface area contributed by atoms with Crippen molar-refractivity contribution in [3.8, 4) is 33.4 Å². The van der Waals surface area contributed by atoms with Gasteiger partial charge in [0.15, 0.2) is 0 Å². The number of allylic oxidation sites excluding steroid dienone is 2. The van der Waals surface area contributed by atoms with Crippen LogP contribution in [-0.4, -0.2) is 6.04 Å². The van der Waals surface area contributed by atoms with E-state index in [4.69, 9.17) is 4.42 Å². The van der Waals surface area contributed by atoms with Gasteiger partial charge in [0, 0.05) is 33.3 Å². The molecule has 54 heavy (non-hydrogen) atoms. The number of hydrogen-bond acceptors (Lipinski definition) is 2. The van der Waals surface area contributed by atoms with E-state index in [0.717, 1.165) is 45.0 Å². The van der Waals surface area contributed by atoms with E-state index in [1.54, 1.807) is 0 Å². The number of benzene rings is 8. The van der Waals surface area contributed by atoms with Crippen LogP contribution in [0.5, 0.6) is 0 Å². The Balaban J connectivity index is 0.995. The topological polar surface area (TPSA) is 16.4 Å². The fourth-order valence-corrected chi connectivity index (χ4v) is 8.25. The molecule has 1 heterocycles. The van der Waals surface area contributed by atoms with Crippen molar-refractivity contribution in [2.24, 2.45) is 0 Å². The first-order valence-corrected chi connectivity index (χ1v) is 18.7. The average molecular weight is 692 g/mol. The van der Waals surface area contributed by atoms with Gasteiger partial charge in [-0.1, -0.05) is 182 Å². The van der Waals surface area contributed by atoms with Crippen LogP contribution >= 0.6 is 0 Å². The zero-order chi connectivity index (χ0) is 35.8. The van der Waals surface area contributed by atoms with E-state index in [0.29, 0.717) is 0 Å². The van der Waals surface area contributed by atoms with E-state index in [1.165, 1.54) is 50.0 Å². The third-order valence-electron chi connectivity index (χ3n) is 10.8. The van der Waals surface area contributed by atoms with Crippen molar-refractivity contribution in [2.75, 3.05) is 4.90 Å². The lowest BCUT2D eigenvalue weighted by Crippen LogP contribution is -2.30. The molecular formula is C52H37NO. The monoisotopic (exact) mass is 691 g/mol. The lowest BCUT2D eigenvalue weighted by atomic mass is 9.89. The van der Waals surface area contributed by atoms with Gasteiger partial charge in [-0.3, -0.25) is 0 Å². The summed E-state index contributed by atoms with van der Waals surface area (Å²) in [4.78, 5) is 2.46. The first kappa shape index (κ1) is 31.8. The van der Waals surface area contributed by atoms with E-state index in [9.17, 15) is 0 Å². The Bertz CT molecular complexity index is 2840. The molecule has 2 heteroatoms. The van der Waals surface area contributed by atoms with Crippen molar-refractivity contribution in [3.63, 3.8) is 0 Å². The van der Waals surface area contributed by atoms with E-state index in [2.05, 4.69) is 211 Å². The van der Waals surface area contributed by atoms with Crippen molar-refractivity contribution < 1.29 is 4.42 Å². The van der Waals surface area contributed by atoms with Crippen LogP contribution in [0, 0.1) is 0 Å². The van der Waals surface area contributed by atoms with Crippen LogP contribution in [0.4, 0.5) is 11.4 Å². The van der Waals surface area contributed by atoms with Gasteiger partial charge in [0.25, 0.3) is 0 Å². The zero-order valence-corrected chi connectivity index (χ0v) is 29.8. The molecule has 0 spiro atoms. The maximum Gasteiger partial charge on any atom is 0.143 e. The molecule has 8 aromatic carbocycles. The number of furan rings is 1. The number of fused-ring (bicyclic) bond motifs is 4. The Morgan fingerprint density at radius 1 is 0.407 bits per heavy atom. The van der Waals surface area contributed by atoms with Crippen LogP contribution in [0.2, 0.25) is 0 Å². The Labute approximate surface area is 315 Å². The molecule has 1 unspecified atom stereocenters. The molecule has 2 nitrogen and oxygen atoms in total. The molecule has 9 aromatic rings. The maximum absolute atomic E-state index is 6.83. The van der Waals surface area contributed by atoms with Gasteiger partial charge < -0.3 is 9.32 Å². The predicted octanol–water partition coefficient (Wildman–Crippen LogP) is 14.3. The normalized spacial score (nSPS) is 14.1. The number of rotatable bonds is 7. The molecule has 0 amide bonds. The summed E-state index contributed by atoms with van der Waals surface area (Å²) in [7, 11) is 0. The highest BCUT2D eigenvalue weighted by Gasteiger charge is 2.23. The Morgan fingerprint density at radius 3 is 1.70 bits per heavy atom. The average Bonchev–Trinajstić information content (AvgIpc) is 3.64. The van der Waals surface area contributed by atoms with Crippen molar-refractivity contribution >= 4 is 49.7 Å². The Hall–Kier alpha value is -6.90. The van der Waals surface area contributed by atoms with Gasteiger partial charge >= 0.3 is 0 Å². The van der Waals surface area contributed by atoms with Crippen molar-refractivity contribution in [1.29, 1.82) is 0 Å². The van der Waals surface area contributed by atoms with Crippen LogP contribution in [-0.2, 0) is 0 Å². The standard InChI is InChI=1S/C52H37NO/c1-3-14-37(15-4-1)46-24-12-26-49-50-27-13-25-48(52(50)54-51(46)49)47-22-10-9-21-45(47)39-30-34-42(35-31-39)53(40-18-5-2-6-19-40)41-32-28-38(29-33-41)44-23-11-17-36-16-7-8-20-43(36)44/h1-34,42H,35H2. The molecule has 0 fully saturated rings. The lowest BCUT2D eigenvalue weighted by Gasteiger charge is -2.33. The molecule has 0 N–H and O–H groups in total. The maximum atomic E-state index is 6.83. The van der Waals surface area contributed by atoms with Gasteiger partial charge in [-0.15, -0.1) is 0 Å². The van der Waals surface area contributed by atoms with E-state index in [-0.39, 0.29) is 6.04 Å². The summed E-state index contributed by atoms with van der Waals surface area (Å²) in [6.45, 7) is 0. The highest BCUT2D eigenvalue weighted by Crippen LogP contribution is 2.43. The second-order valence-electron chi connectivity index (χ2n) is 14.0. The van der Waals surface area contributed by atoms with E-state index in [1.807, 2.05) is 0 Å². The van der Waals surface area contributed by atoms with Crippen LogP contribution in [0.25, 0.3) is 71.7 Å². The molecule has 0 saturated carbocycles. The molecule has 0 radical (unpaired) electrons. The molecule has 0 saturated heterocycles. The first-order valence-electron chi connectivity index (χ1n) is 18.7. The van der Waals surface area contributed by atoms with Crippen LogP contribution in [0.1, 0.15) is 12.0 Å². The van der Waals surface area contributed by atoms with Gasteiger partial charge in [0.1, 0.15) is 11.2 Å². The number of anilines is 2. The third-order valence-corrected chi connectivity index (χ3v) is 10.8. The molecule has 1 aliphatic rings. The highest BCUT2D eigenvalue weighted by atomic mass is 16.3. The zero-order valence-electron chi connectivity index (χ0n) is 29.8. The summed E-state index contributed by atoms with van der Waals surface area (Å²) in [6.07, 6.45) is 7.94. The lowest BCUT2D eigenvalue weighted by molar-refractivity contribution is 0.671. The molecule has 1 aromatic heterocycles.